The number of hydrogen-bond acceptors (Lipinski definition) is 3. The molecule has 1 aliphatic heterocycles. The first-order valence-electron chi connectivity index (χ1n) is 6.64. The number of rotatable bonds is 6. The third kappa shape index (κ3) is 4.40. The van der Waals surface area contributed by atoms with E-state index >= 15 is 0 Å². The lowest BCUT2D eigenvalue weighted by molar-refractivity contribution is 0.139. The molecule has 1 fully saturated rings. The highest BCUT2D eigenvalue weighted by Crippen LogP contribution is 2.20. The maximum absolute atomic E-state index is 5.16. The van der Waals surface area contributed by atoms with Crippen molar-refractivity contribution in [2.45, 2.75) is 45.7 Å². The van der Waals surface area contributed by atoms with Crippen LogP contribution in [0.3, 0.4) is 0 Å². The van der Waals surface area contributed by atoms with E-state index in [4.69, 9.17) is 4.74 Å². The van der Waals surface area contributed by atoms with E-state index in [9.17, 15) is 0 Å². The molecule has 0 aliphatic carbocycles. The average Bonchev–Trinajstić information content (AvgIpc) is 2.29. The summed E-state index contributed by atoms with van der Waals surface area (Å²) in [5, 5.41) is 3.64. The van der Waals surface area contributed by atoms with Crippen LogP contribution in [-0.4, -0.2) is 50.3 Å². The van der Waals surface area contributed by atoms with E-state index in [0.29, 0.717) is 12.1 Å². The smallest absolute Gasteiger partial charge is 0.0613 e. The molecule has 0 amide bonds. The Bertz CT molecular complexity index is 179. The molecule has 0 aromatic carbocycles. The second-order valence-corrected chi connectivity index (χ2v) is 5.08. The van der Waals surface area contributed by atoms with Crippen molar-refractivity contribution in [1.29, 1.82) is 0 Å². The molecule has 1 N–H and O–H groups in total. The van der Waals surface area contributed by atoms with Gasteiger partial charge in [0.25, 0.3) is 0 Å². The van der Waals surface area contributed by atoms with E-state index in [0.717, 1.165) is 12.5 Å². The number of nitrogens with zero attached hydrogens (tertiary/aromatic N) is 1. The van der Waals surface area contributed by atoms with Crippen molar-refractivity contribution in [2.24, 2.45) is 5.92 Å². The van der Waals surface area contributed by atoms with Crippen molar-refractivity contribution in [3.63, 3.8) is 0 Å². The standard InChI is InChI=1S/C13H28N2O/c1-5-15-8-6-13(7-9-15)12(3)14-11(2)10-16-4/h11-14H,5-10H2,1-4H3. The fraction of sp³-hybridized carbons (Fsp3) is 1.00. The predicted octanol–water partition coefficient (Wildman–Crippen LogP) is 1.73. The van der Waals surface area contributed by atoms with Crippen LogP contribution in [0.15, 0.2) is 0 Å². The maximum atomic E-state index is 5.16. The molecule has 96 valence electrons. The third-order valence-electron chi connectivity index (χ3n) is 3.75. The fourth-order valence-corrected chi connectivity index (χ4v) is 2.65. The minimum absolute atomic E-state index is 0.462. The molecule has 16 heavy (non-hydrogen) atoms. The molecule has 0 aromatic rings. The first kappa shape index (κ1) is 13.9. The Labute approximate surface area is 101 Å². The quantitative estimate of drug-likeness (QED) is 0.749. The van der Waals surface area contributed by atoms with Crippen molar-refractivity contribution in [3.05, 3.63) is 0 Å². The van der Waals surface area contributed by atoms with Gasteiger partial charge in [0.1, 0.15) is 0 Å². The molecular formula is C13H28N2O. The van der Waals surface area contributed by atoms with Gasteiger partial charge in [0.2, 0.25) is 0 Å². The van der Waals surface area contributed by atoms with Crippen molar-refractivity contribution < 1.29 is 4.74 Å². The lowest BCUT2D eigenvalue weighted by atomic mass is 9.90. The lowest BCUT2D eigenvalue weighted by Gasteiger charge is -2.35. The summed E-state index contributed by atoms with van der Waals surface area (Å²) in [6.45, 7) is 11.3. The van der Waals surface area contributed by atoms with E-state index in [1.165, 1.54) is 32.5 Å². The maximum Gasteiger partial charge on any atom is 0.0613 e. The molecule has 0 radical (unpaired) electrons. The van der Waals surface area contributed by atoms with Crippen LogP contribution in [-0.2, 0) is 4.74 Å². The van der Waals surface area contributed by atoms with Gasteiger partial charge in [0, 0.05) is 19.2 Å². The van der Waals surface area contributed by atoms with Gasteiger partial charge in [0.15, 0.2) is 0 Å². The average molecular weight is 228 g/mol. The largest absolute Gasteiger partial charge is 0.383 e. The lowest BCUT2D eigenvalue weighted by Crippen LogP contribution is -2.45. The molecule has 1 rings (SSSR count). The third-order valence-corrected chi connectivity index (χ3v) is 3.75. The Morgan fingerprint density at radius 1 is 1.31 bits per heavy atom. The highest BCUT2D eigenvalue weighted by molar-refractivity contribution is 4.80. The van der Waals surface area contributed by atoms with Crippen LogP contribution in [0.5, 0.6) is 0 Å². The summed E-state index contributed by atoms with van der Waals surface area (Å²) in [5.41, 5.74) is 0. The van der Waals surface area contributed by atoms with Gasteiger partial charge >= 0.3 is 0 Å². The predicted molar refractivity (Wildman–Crippen MR) is 68.8 cm³/mol. The van der Waals surface area contributed by atoms with Crippen molar-refractivity contribution >= 4 is 0 Å². The second-order valence-electron chi connectivity index (χ2n) is 5.08. The van der Waals surface area contributed by atoms with E-state index in [-0.39, 0.29) is 0 Å². The Morgan fingerprint density at radius 3 is 2.44 bits per heavy atom. The van der Waals surface area contributed by atoms with E-state index in [2.05, 4.69) is 31.0 Å². The highest BCUT2D eigenvalue weighted by Gasteiger charge is 2.23. The SMILES string of the molecule is CCN1CCC(C(C)NC(C)COC)CC1. The molecule has 2 atom stereocenters. The highest BCUT2D eigenvalue weighted by atomic mass is 16.5. The number of likely N-dealkylation sites (tertiary alicyclic amines) is 1. The number of nitrogens with one attached hydrogen (secondary N) is 1. The topological polar surface area (TPSA) is 24.5 Å². The Hall–Kier alpha value is -0.120. The molecule has 0 bridgehead atoms. The van der Waals surface area contributed by atoms with Crippen LogP contribution in [0.1, 0.15) is 33.6 Å². The first-order valence-corrected chi connectivity index (χ1v) is 6.64. The Balaban J connectivity index is 2.24. The summed E-state index contributed by atoms with van der Waals surface area (Å²) in [5.74, 6) is 0.835. The van der Waals surface area contributed by atoms with Gasteiger partial charge in [0.05, 0.1) is 6.61 Å². The number of ether oxygens (including phenoxy) is 1. The summed E-state index contributed by atoms with van der Waals surface area (Å²) in [7, 11) is 1.77. The van der Waals surface area contributed by atoms with Crippen molar-refractivity contribution in [3.8, 4) is 0 Å². The Kier molecular flexibility index (Phi) is 6.32. The van der Waals surface area contributed by atoms with Crippen LogP contribution in [0, 0.1) is 5.92 Å². The monoisotopic (exact) mass is 228 g/mol. The van der Waals surface area contributed by atoms with E-state index < -0.39 is 0 Å². The molecule has 0 spiro atoms. The zero-order chi connectivity index (χ0) is 12.0. The molecule has 0 saturated carbocycles. The summed E-state index contributed by atoms with van der Waals surface area (Å²) in [6, 6.07) is 1.08. The Morgan fingerprint density at radius 2 is 1.94 bits per heavy atom. The normalized spacial score (nSPS) is 23.2. The molecule has 1 heterocycles. The zero-order valence-corrected chi connectivity index (χ0v) is 11.3. The van der Waals surface area contributed by atoms with Gasteiger partial charge in [-0.25, -0.2) is 0 Å². The number of piperidine rings is 1. The van der Waals surface area contributed by atoms with Gasteiger partial charge in [-0.2, -0.15) is 0 Å². The number of hydrogen-bond donors (Lipinski definition) is 1. The molecule has 0 aromatic heterocycles. The molecular weight excluding hydrogens is 200 g/mol. The molecule has 1 aliphatic rings. The van der Waals surface area contributed by atoms with Crippen LogP contribution in [0.4, 0.5) is 0 Å². The fourth-order valence-electron chi connectivity index (χ4n) is 2.65. The molecule has 2 unspecified atom stereocenters. The number of methoxy groups -OCH3 is 1. The van der Waals surface area contributed by atoms with E-state index in [1.54, 1.807) is 7.11 Å². The van der Waals surface area contributed by atoms with Crippen LogP contribution < -0.4 is 5.32 Å². The van der Waals surface area contributed by atoms with E-state index in [1.807, 2.05) is 0 Å². The molecule has 3 nitrogen and oxygen atoms in total. The second kappa shape index (κ2) is 7.25. The van der Waals surface area contributed by atoms with Crippen LogP contribution in [0.2, 0.25) is 0 Å². The summed E-state index contributed by atoms with van der Waals surface area (Å²) >= 11 is 0. The minimum Gasteiger partial charge on any atom is -0.383 e. The van der Waals surface area contributed by atoms with Gasteiger partial charge in [-0.05, 0) is 52.2 Å². The van der Waals surface area contributed by atoms with Crippen LogP contribution >= 0.6 is 0 Å². The summed E-state index contributed by atoms with van der Waals surface area (Å²) in [6.07, 6.45) is 2.67. The van der Waals surface area contributed by atoms with Gasteiger partial charge in [-0.3, -0.25) is 0 Å². The van der Waals surface area contributed by atoms with Gasteiger partial charge in [-0.15, -0.1) is 0 Å². The molecule has 1 saturated heterocycles. The summed E-state index contributed by atoms with van der Waals surface area (Å²) < 4.78 is 5.16. The van der Waals surface area contributed by atoms with Crippen molar-refractivity contribution in [1.82, 2.24) is 10.2 Å². The zero-order valence-electron chi connectivity index (χ0n) is 11.3. The van der Waals surface area contributed by atoms with Gasteiger partial charge in [-0.1, -0.05) is 6.92 Å². The van der Waals surface area contributed by atoms with Crippen LogP contribution in [0.25, 0.3) is 0 Å². The minimum atomic E-state index is 0.462. The van der Waals surface area contributed by atoms with Gasteiger partial charge < -0.3 is 15.0 Å². The summed E-state index contributed by atoms with van der Waals surface area (Å²) in [4.78, 5) is 2.54. The van der Waals surface area contributed by atoms with Crippen molar-refractivity contribution in [2.75, 3.05) is 33.4 Å². The first-order chi connectivity index (χ1) is 7.67. The molecule has 3 heteroatoms.